The third kappa shape index (κ3) is 3.70. The molecule has 0 spiro atoms. The molecule has 2 aromatic rings. The Morgan fingerprint density at radius 3 is 2.05 bits per heavy atom. The summed E-state index contributed by atoms with van der Waals surface area (Å²) < 4.78 is 0. The van der Waals surface area contributed by atoms with E-state index in [-0.39, 0.29) is 0 Å². The van der Waals surface area contributed by atoms with Gasteiger partial charge in [0.05, 0.1) is 0 Å². The van der Waals surface area contributed by atoms with E-state index in [0.29, 0.717) is 11.8 Å². The van der Waals surface area contributed by atoms with Crippen LogP contribution in [0.3, 0.4) is 0 Å². The van der Waals surface area contributed by atoms with E-state index in [0.717, 1.165) is 0 Å². The van der Waals surface area contributed by atoms with Gasteiger partial charge in [-0.05, 0) is 42.7 Å². The van der Waals surface area contributed by atoms with Gasteiger partial charge in [0.1, 0.15) is 0 Å². The van der Waals surface area contributed by atoms with E-state index in [1.165, 1.54) is 29.5 Å². The van der Waals surface area contributed by atoms with Crippen LogP contribution in [0.2, 0.25) is 0 Å². The van der Waals surface area contributed by atoms with Crippen molar-refractivity contribution < 1.29 is 0 Å². The molecule has 0 saturated heterocycles. The smallest absolute Gasteiger partial charge is 0.0159 e. The molecule has 0 N–H and O–H groups in total. The molecule has 0 heteroatoms. The van der Waals surface area contributed by atoms with Crippen molar-refractivity contribution in [1.82, 2.24) is 0 Å². The Morgan fingerprint density at radius 1 is 0.842 bits per heavy atom. The van der Waals surface area contributed by atoms with Gasteiger partial charge in [-0.3, -0.25) is 0 Å². The molecule has 0 nitrogen and oxygen atoms in total. The van der Waals surface area contributed by atoms with Crippen molar-refractivity contribution in [2.45, 2.75) is 45.4 Å². The van der Waals surface area contributed by atoms with Gasteiger partial charge in [0.2, 0.25) is 0 Å². The average Bonchev–Trinajstić information content (AvgIpc) is 2.46. The summed E-state index contributed by atoms with van der Waals surface area (Å²) in [6, 6.07) is 19.9. The number of rotatable bonds is 5. The van der Waals surface area contributed by atoms with Gasteiger partial charge in [-0.25, -0.2) is 0 Å². The summed E-state index contributed by atoms with van der Waals surface area (Å²) in [6.45, 7) is 6.78. The molecule has 2 atom stereocenters. The normalized spacial score (nSPS) is 14.1. The van der Waals surface area contributed by atoms with Gasteiger partial charge >= 0.3 is 0 Å². The Bertz CT molecular complexity index is 481. The van der Waals surface area contributed by atoms with Crippen LogP contribution < -0.4 is 0 Å². The van der Waals surface area contributed by atoms with Crippen LogP contribution in [0.15, 0.2) is 54.6 Å². The quantitative estimate of drug-likeness (QED) is 0.642. The van der Waals surface area contributed by atoms with Crippen molar-refractivity contribution in [1.29, 1.82) is 0 Å². The van der Waals surface area contributed by atoms with E-state index >= 15 is 0 Å². The van der Waals surface area contributed by atoms with Gasteiger partial charge in [-0.15, -0.1) is 0 Å². The Balaban J connectivity index is 2.09. The second kappa shape index (κ2) is 6.56. The highest BCUT2D eigenvalue weighted by Gasteiger charge is 2.14. The summed E-state index contributed by atoms with van der Waals surface area (Å²) in [6.07, 6.45) is 2.43. The van der Waals surface area contributed by atoms with Crippen molar-refractivity contribution >= 4 is 0 Å². The number of hydrogen-bond donors (Lipinski definition) is 0. The minimum absolute atomic E-state index is 0.618. The lowest BCUT2D eigenvalue weighted by atomic mass is 9.84. The van der Waals surface area contributed by atoms with Crippen LogP contribution in [-0.2, 0) is 0 Å². The van der Waals surface area contributed by atoms with Crippen LogP contribution in [-0.4, -0.2) is 0 Å². The fraction of sp³-hybridized carbons (Fsp3) is 0.368. The highest BCUT2D eigenvalue weighted by molar-refractivity contribution is 5.26. The Kier molecular flexibility index (Phi) is 4.79. The first-order valence-electron chi connectivity index (χ1n) is 7.32. The fourth-order valence-corrected chi connectivity index (χ4v) is 2.72. The van der Waals surface area contributed by atoms with Crippen LogP contribution in [0.5, 0.6) is 0 Å². The minimum Gasteiger partial charge on any atom is -0.0648 e. The molecule has 0 aromatic heterocycles. The summed E-state index contributed by atoms with van der Waals surface area (Å²) in [5, 5.41) is 0. The molecule has 0 fully saturated rings. The SMILES string of the molecule is CCC(CC(C)c1ccccc1)c1ccc(C)cc1. The fourth-order valence-electron chi connectivity index (χ4n) is 2.72. The van der Waals surface area contributed by atoms with E-state index in [2.05, 4.69) is 75.4 Å². The number of benzene rings is 2. The zero-order chi connectivity index (χ0) is 13.7. The molecule has 0 aliphatic rings. The summed E-state index contributed by atoms with van der Waals surface area (Å²) in [7, 11) is 0. The first kappa shape index (κ1) is 13.9. The lowest BCUT2D eigenvalue weighted by Crippen LogP contribution is -2.03. The van der Waals surface area contributed by atoms with E-state index < -0.39 is 0 Å². The highest BCUT2D eigenvalue weighted by Crippen LogP contribution is 2.31. The number of aryl methyl sites for hydroxylation is 1. The summed E-state index contributed by atoms with van der Waals surface area (Å²) >= 11 is 0. The lowest BCUT2D eigenvalue weighted by molar-refractivity contribution is 0.544. The molecular weight excluding hydrogens is 228 g/mol. The minimum atomic E-state index is 0.618. The summed E-state index contributed by atoms with van der Waals surface area (Å²) in [5.41, 5.74) is 4.28. The van der Waals surface area contributed by atoms with Crippen LogP contribution in [0.4, 0.5) is 0 Å². The predicted molar refractivity (Wildman–Crippen MR) is 83.7 cm³/mol. The molecule has 0 aliphatic carbocycles. The zero-order valence-electron chi connectivity index (χ0n) is 12.3. The molecule has 2 aromatic carbocycles. The molecule has 0 radical (unpaired) electrons. The molecular formula is C19H24. The summed E-state index contributed by atoms with van der Waals surface area (Å²) in [5.74, 6) is 1.28. The zero-order valence-corrected chi connectivity index (χ0v) is 12.3. The van der Waals surface area contributed by atoms with Crippen LogP contribution in [0.25, 0.3) is 0 Å². The van der Waals surface area contributed by atoms with Crippen LogP contribution >= 0.6 is 0 Å². The maximum Gasteiger partial charge on any atom is -0.0159 e. The van der Waals surface area contributed by atoms with Gasteiger partial charge in [0.15, 0.2) is 0 Å². The summed E-state index contributed by atoms with van der Waals surface area (Å²) in [4.78, 5) is 0. The van der Waals surface area contributed by atoms with Crippen molar-refractivity contribution in [3.8, 4) is 0 Å². The Hall–Kier alpha value is -1.56. The Morgan fingerprint density at radius 2 is 1.47 bits per heavy atom. The standard InChI is InChI=1S/C19H24/c1-4-17(19-12-10-15(2)11-13-19)14-16(3)18-8-6-5-7-9-18/h5-13,16-17H,4,14H2,1-3H3. The van der Waals surface area contributed by atoms with Crippen molar-refractivity contribution in [2.75, 3.05) is 0 Å². The maximum absolute atomic E-state index is 2.34. The van der Waals surface area contributed by atoms with Gasteiger partial charge in [0, 0.05) is 0 Å². The molecule has 19 heavy (non-hydrogen) atoms. The van der Waals surface area contributed by atoms with Gasteiger partial charge in [-0.2, -0.15) is 0 Å². The molecule has 0 saturated carbocycles. The first-order valence-corrected chi connectivity index (χ1v) is 7.32. The van der Waals surface area contributed by atoms with Crippen molar-refractivity contribution in [3.05, 3.63) is 71.3 Å². The highest BCUT2D eigenvalue weighted by atomic mass is 14.2. The predicted octanol–water partition coefficient (Wildman–Crippen LogP) is 5.68. The second-order valence-electron chi connectivity index (χ2n) is 5.56. The van der Waals surface area contributed by atoms with E-state index in [1.807, 2.05) is 0 Å². The molecule has 100 valence electrons. The first-order chi connectivity index (χ1) is 9.20. The van der Waals surface area contributed by atoms with E-state index in [4.69, 9.17) is 0 Å². The van der Waals surface area contributed by atoms with Gasteiger partial charge < -0.3 is 0 Å². The topological polar surface area (TPSA) is 0 Å². The monoisotopic (exact) mass is 252 g/mol. The van der Waals surface area contributed by atoms with Crippen molar-refractivity contribution in [2.24, 2.45) is 0 Å². The van der Waals surface area contributed by atoms with Crippen LogP contribution in [0.1, 0.15) is 55.2 Å². The molecule has 0 aliphatic heterocycles. The molecule has 2 unspecified atom stereocenters. The second-order valence-corrected chi connectivity index (χ2v) is 5.56. The largest absolute Gasteiger partial charge is 0.0648 e. The molecule has 0 heterocycles. The Labute approximate surface area is 117 Å². The molecule has 0 amide bonds. The van der Waals surface area contributed by atoms with Crippen LogP contribution in [0, 0.1) is 6.92 Å². The lowest BCUT2D eigenvalue weighted by Gasteiger charge is -2.20. The van der Waals surface area contributed by atoms with E-state index in [1.54, 1.807) is 0 Å². The average molecular weight is 252 g/mol. The van der Waals surface area contributed by atoms with Gasteiger partial charge in [0.25, 0.3) is 0 Å². The third-order valence-corrected chi connectivity index (χ3v) is 4.05. The van der Waals surface area contributed by atoms with Crippen molar-refractivity contribution in [3.63, 3.8) is 0 Å². The molecule has 2 rings (SSSR count). The third-order valence-electron chi connectivity index (χ3n) is 4.05. The van der Waals surface area contributed by atoms with E-state index in [9.17, 15) is 0 Å². The molecule has 0 bridgehead atoms. The maximum atomic E-state index is 2.34. The van der Waals surface area contributed by atoms with Gasteiger partial charge in [-0.1, -0.05) is 74.0 Å². The number of hydrogen-bond acceptors (Lipinski definition) is 0.